The van der Waals surface area contributed by atoms with Gasteiger partial charge >= 0.3 is 5.97 Å². The van der Waals surface area contributed by atoms with E-state index in [2.05, 4.69) is 29.6 Å². The van der Waals surface area contributed by atoms with E-state index in [0.29, 0.717) is 6.54 Å². The molecule has 1 aromatic carbocycles. The Balaban J connectivity index is 2.40. The molecule has 0 aromatic heterocycles. The molecule has 4 heteroatoms. The lowest BCUT2D eigenvalue weighted by Crippen LogP contribution is -2.17. The predicted octanol–water partition coefficient (Wildman–Crippen LogP) is 1.59. The topological polar surface area (TPSA) is 61.7 Å². The summed E-state index contributed by atoms with van der Waals surface area (Å²) in [5.41, 5.74) is 5.31. The molecule has 0 aliphatic rings. The van der Waals surface area contributed by atoms with E-state index >= 15 is 0 Å². The molecule has 0 aliphatic carbocycles. The summed E-state index contributed by atoms with van der Waals surface area (Å²) in [6, 6.07) is 8.11. The summed E-state index contributed by atoms with van der Waals surface area (Å²) in [4.78, 5) is 10.4. The van der Waals surface area contributed by atoms with E-state index in [1.807, 2.05) is 12.1 Å². The third-order valence-electron chi connectivity index (χ3n) is 2.32. The Morgan fingerprint density at radius 1 is 1.44 bits per heavy atom. The van der Waals surface area contributed by atoms with Crippen molar-refractivity contribution in [3.63, 3.8) is 0 Å². The average molecular weight is 220 g/mol. The summed E-state index contributed by atoms with van der Waals surface area (Å²) in [6.45, 7) is 4.15. The highest BCUT2D eigenvalue weighted by Crippen LogP contribution is 2.06. The zero-order chi connectivity index (χ0) is 12.0. The Kier molecular flexibility index (Phi) is 4.51. The van der Waals surface area contributed by atoms with Gasteiger partial charge in [-0.1, -0.05) is 24.3 Å². The molecule has 0 bridgehead atoms. The molecule has 0 amide bonds. The standard InChI is InChI=1S/C12H16N2O2/c1-9-5-3-4-6-11(9)7-8-13-14-10(2)12(15)16/h3-6,13H,7-8H2,1-2H3,(H,15,16). The van der Waals surface area contributed by atoms with Crippen molar-refractivity contribution in [1.82, 2.24) is 5.43 Å². The summed E-state index contributed by atoms with van der Waals surface area (Å²) in [7, 11) is 0. The Bertz CT molecular complexity index is 400. The van der Waals surface area contributed by atoms with Crippen molar-refractivity contribution in [2.75, 3.05) is 6.54 Å². The number of aryl methyl sites for hydroxylation is 1. The smallest absolute Gasteiger partial charge is 0.351 e. The molecule has 0 heterocycles. The summed E-state index contributed by atoms with van der Waals surface area (Å²) in [5.74, 6) is -0.997. The highest BCUT2D eigenvalue weighted by Gasteiger charge is 2.00. The molecule has 0 saturated heterocycles. The Labute approximate surface area is 95.0 Å². The Hall–Kier alpha value is -1.84. The zero-order valence-electron chi connectivity index (χ0n) is 9.53. The molecular formula is C12H16N2O2. The normalized spacial score (nSPS) is 11.2. The first-order chi connectivity index (χ1) is 7.61. The first-order valence-corrected chi connectivity index (χ1v) is 5.16. The number of carboxylic acid groups (broad SMARTS) is 1. The maximum absolute atomic E-state index is 10.4. The van der Waals surface area contributed by atoms with Gasteiger partial charge in [0.25, 0.3) is 0 Å². The summed E-state index contributed by atoms with van der Waals surface area (Å²) in [6.07, 6.45) is 0.836. The number of nitrogens with zero attached hydrogens (tertiary/aromatic N) is 1. The lowest BCUT2D eigenvalue weighted by molar-refractivity contribution is -0.129. The number of rotatable bonds is 5. The number of nitrogens with one attached hydrogen (secondary N) is 1. The van der Waals surface area contributed by atoms with Crippen molar-refractivity contribution >= 4 is 11.7 Å². The molecule has 4 nitrogen and oxygen atoms in total. The van der Waals surface area contributed by atoms with E-state index in [0.717, 1.165) is 6.42 Å². The van der Waals surface area contributed by atoms with Gasteiger partial charge in [0, 0.05) is 6.54 Å². The van der Waals surface area contributed by atoms with Gasteiger partial charge in [0.15, 0.2) is 0 Å². The maximum Gasteiger partial charge on any atom is 0.351 e. The van der Waals surface area contributed by atoms with Crippen LogP contribution in [0.3, 0.4) is 0 Å². The molecule has 1 rings (SSSR count). The van der Waals surface area contributed by atoms with Crippen LogP contribution in [-0.2, 0) is 11.2 Å². The minimum atomic E-state index is -0.997. The van der Waals surface area contributed by atoms with Gasteiger partial charge in [0.2, 0.25) is 0 Å². The average Bonchev–Trinajstić information content (AvgIpc) is 2.26. The lowest BCUT2D eigenvalue weighted by atomic mass is 10.1. The van der Waals surface area contributed by atoms with Crippen molar-refractivity contribution in [3.05, 3.63) is 35.4 Å². The number of benzene rings is 1. The van der Waals surface area contributed by atoms with Crippen LogP contribution in [0.25, 0.3) is 0 Å². The molecule has 2 N–H and O–H groups in total. The second kappa shape index (κ2) is 5.90. The quantitative estimate of drug-likeness (QED) is 0.450. The van der Waals surface area contributed by atoms with Crippen molar-refractivity contribution in [2.45, 2.75) is 20.3 Å². The molecule has 1 aromatic rings. The number of carboxylic acids is 1. The molecule has 0 atom stereocenters. The van der Waals surface area contributed by atoms with E-state index in [4.69, 9.17) is 5.11 Å². The van der Waals surface area contributed by atoms with Gasteiger partial charge < -0.3 is 10.5 Å². The van der Waals surface area contributed by atoms with Crippen molar-refractivity contribution in [2.24, 2.45) is 5.10 Å². The fourth-order valence-electron chi connectivity index (χ4n) is 1.30. The predicted molar refractivity (Wildman–Crippen MR) is 63.6 cm³/mol. The summed E-state index contributed by atoms with van der Waals surface area (Å²) < 4.78 is 0. The third-order valence-corrected chi connectivity index (χ3v) is 2.32. The van der Waals surface area contributed by atoms with E-state index in [-0.39, 0.29) is 5.71 Å². The van der Waals surface area contributed by atoms with Crippen molar-refractivity contribution in [1.29, 1.82) is 0 Å². The fraction of sp³-hybridized carbons (Fsp3) is 0.333. The molecule has 0 saturated carbocycles. The number of aliphatic carboxylic acids is 1. The monoisotopic (exact) mass is 220 g/mol. The van der Waals surface area contributed by atoms with Crippen LogP contribution < -0.4 is 5.43 Å². The first-order valence-electron chi connectivity index (χ1n) is 5.16. The van der Waals surface area contributed by atoms with E-state index in [1.54, 1.807) is 0 Å². The number of hydrogen-bond acceptors (Lipinski definition) is 3. The van der Waals surface area contributed by atoms with Crippen molar-refractivity contribution in [3.8, 4) is 0 Å². The Morgan fingerprint density at radius 2 is 2.12 bits per heavy atom. The largest absolute Gasteiger partial charge is 0.477 e. The zero-order valence-corrected chi connectivity index (χ0v) is 9.53. The van der Waals surface area contributed by atoms with Gasteiger partial charge in [-0.15, -0.1) is 0 Å². The van der Waals surface area contributed by atoms with Gasteiger partial charge in [0.1, 0.15) is 5.71 Å². The van der Waals surface area contributed by atoms with Gasteiger partial charge in [-0.2, -0.15) is 5.10 Å². The van der Waals surface area contributed by atoms with Crippen LogP contribution >= 0.6 is 0 Å². The Morgan fingerprint density at radius 3 is 2.75 bits per heavy atom. The fourth-order valence-corrected chi connectivity index (χ4v) is 1.30. The van der Waals surface area contributed by atoms with E-state index < -0.39 is 5.97 Å². The SMILES string of the molecule is CC(=NNCCc1ccccc1C)C(=O)O. The summed E-state index contributed by atoms with van der Waals surface area (Å²) in [5, 5.41) is 12.3. The van der Waals surface area contributed by atoms with E-state index in [9.17, 15) is 4.79 Å². The highest BCUT2D eigenvalue weighted by molar-refractivity contribution is 6.34. The minimum Gasteiger partial charge on any atom is -0.477 e. The van der Waals surface area contributed by atoms with Crippen LogP contribution in [0.4, 0.5) is 0 Å². The molecule has 0 aliphatic heterocycles. The number of hydrazone groups is 1. The van der Waals surface area contributed by atoms with Gasteiger partial charge in [-0.25, -0.2) is 4.79 Å². The number of carbonyl (C=O) groups is 1. The lowest BCUT2D eigenvalue weighted by Gasteiger charge is -2.05. The van der Waals surface area contributed by atoms with Crippen LogP contribution in [0.5, 0.6) is 0 Å². The van der Waals surface area contributed by atoms with Crippen LogP contribution in [0.15, 0.2) is 29.4 Å². The van der Waals surface area contributed by atoms with Crippen molar-refractivity contribution < 1.29 is 9.90 Å². The second-order valence-corrected chi connectivity index (χ2v) is 3.59. The van der Waals surface area contributed by atoms with Crippen LogP contribution in [0, 0.1) is 6.92 Å². The molecule has 0 unspecified atom stereocenters. The third kappa shape index (κ3) is 3.73. The first kappa shape index (κ1) is 12.2. The minimum absolute atomic E-state index is 0.0739. The van der Waals surface area contributed by atoms with E-state index in [1.165, 1.54) is 18.1 Å². The molecule has 86 valence electrons. The van der Waals surface area contributed by atoms with Gasteiger partial charge in [-0.3, -0.25) is 0 Å². The molecule has 0 fully saturated rings. The van der Waals surface area contributed by atoms with Crippen LogP contribution in [-0.4, -0.2) is 23.3 Å². The molecule has 0 spiro atoms. The molecular weight excluding hydrogens is 204 g/mol. The maximum atomic E-state index is 10.4. The van der Waals surface area contributed by atoms with Crippen LogP contribution in [0.2, 0.25) is 0 Å². The van der Waals surface area contributed by atoms with Crippen LogP contribution in [0.1, 0.15) is 18.1 Å². The number of hydrogen-bond donors (Lipinski definition) is 2. The highest BCUT2D eigenvalue weighted by atomic mass is 16.4. The van der Waals surface area contributed by atoms with Gasteiger partial charge in [-0.05, 0) is 31.4 Å². The molecule has 16 heavy (non-hydrogen) atoms. The summed E-state index contributed by atoms with van der Waals surface area (Å²) >= 11 is 0. The molecule has 0 radical (unpaired) electrons. The second-order valence-electron chi connectivity index (χ2n) is 3.59. The van der Waals surface area contributed by atoms with Gasteiger partial charge in [0.05, 0.1) is 0 Å².